The first-order valence-corrected chi connectivity index (χ1v) is 10.7. The van der Waals surface area contributed by atoms with Crippen molar-refractivity contribution in [3.63, 3.8) is 0 Å². The molecule has 0 bridgehead atoms. The van der Waals surface area contributed by atoms with Crippen LogP contribution in [0.25, 0.3) is 0 Å². The normalized spacial score (nSPS) is 15.0. The summed E-state index contributed by atoms with van der Waals surface area (Å²) < 4.78 is 27.4. The Hall–Kier alpha value is -2.19. The fourth-order valence-electron chi connectivity index (χ4n) is 3.27. The summed E-state index contributed by atoms with van der Waals surface area (Å²) in [6.45, 7) is 7.39. The summed E-state index contributed by atoms with van der Waals surface area (Å²) in [5.41, 5.74) is 0.923. The van der Waals surface area contributed by atoms with Gasteiger partial charge in [0.25, 0.3) is 0 Å². The van der Waals surface area contributed by atoms with Gasteiger partial charge in [-0.2, -0.15) is 0 Å². The molecule has 1 aliphatic heterocycles. The minimum absolute atomic E-state index is 0.457. The predicted octanol–water partition coefficient (Wildman–Crippen LogP) is 2.60. The van der Waals surface area contributed by atoms with Gasteiger partial charge in [-0.05, 0) is 38.2 Å². The zero-order valence-electron chi connectivity index (χ0n) is 18.8. The second-order valence-electron chi connectivity index (χ2n) is 7.13. The molecule has 0 amide bonds. The highest BCUT2D eigenvalue weighted by Gasteiger charge is 2.14. The molecule has 8 heteroatoms. The predicted molar refractivity (Wildman–Crippen MR) is 118 cm³/mol. The van der Waals surface area contributed by atoms with Crippen molar-refractivity contribution in [3.05, 3.63) is 17.7 Å². The van der Waals surface area contributed by atoms with Gasteiger partial charge in [-0.3, -0.25) is 0 Å². The number of rotatable bonds is 12. The molecule has 8 nitrogen and oxygen atoms in total. The molecule has 0 radical (unpaired) electrons. The fraction of sp³-hybridized carbons (Fsp3) is 0.682. The van der Waals surface area contributed by atoms with Crippen molar-refractivity contribution in [2.45, 2.75) is 32.7 Å². The first kappa shape index (κ1) is 24.1. The maximum Gasteiger partial charge on any atom is 0.191 e. The lowest BCUT2D eigenvalue weighted by Crippen LogP contribution is -2.38. The van der Waals surface area contributed by atoms with E-state index in [0.717, 1.165) is 70.3 Å². The van der Waals surface area contributed by atoms with Crippen molar-refractivity contribution in [1.29, 1.82) is 0 Å². The third-order valence-corrected chi connectivity index (χ3v) is 4.99. The molecule has 30 heavy (non-hydrogen) atoms. The molecule has 1 aromatic rings. The summed E-state index contributed by atoms with van der Waals surface area (Å²) in [6, 6.07) is 3.72. The van der Waals surface area contributed by atoms with Crippen LogP contribution in [-0.2, 0) is 16.0 Å². The van der Waals surface area contributed by atoms with Crippen molar-refractivity contribution < 1.29 is 23.7 Å². The molecule has 0 aromatic heterocycles. The summed E-state index contributed by atoms with van der Waals surface area (Å²) in [5, 5.41) is 6.63. The summed E-state index contributed by atoms with van der Waals surface area (Å²) in [6.07, 6.45) is 3.14. The topological polar surface area (TPSA) is 82.6 Å². The van der Waals surface area contributed by atoms with Crippen LogP contribution in [0.1, 0.15) is 31.7 Å². The van der Waals surface area contributed by atoms with Crippen LogP contribution < -0.4 is 24.8 Å². The van der Waals surface area contributed by atoms with Crippen LogP contribution in [0, 0.1) is 5.92 Å². The Bertz CT molecular complexity index is 648. The first-order valence-electron chi connectivity index (χ1n) is 10.7. The average Bonchev–Trinajstić information content (AvgIpc) is 2.79. The summed E-state index contributed by atoms with van der Waals surface area (Å²) >= 11 is 0. The number of hydrogen-bond acceptors (Lipinski definition) is 6. The van der Waals surface area contributed by atoms with E-state index in [-0.39, 0.29) is 0 Å². The number of nitrogens with one attached hydrogen (secondary N) is 2. The van der Waals surface area contributed by atoms with Crippen LogP contribution in [0.3, 0.4) is 0 Å². The lowest BCUT2D eigenvalue weighted by Gasteiger charge is -2.21. The average molecular weight is 424 g/mol. The van der Waals surface area contributed by atoms with Crippen molar-refractivity contribution in [1.82, 2.24) is 10.6 Å². The van der Waals surface area contributed by atoms with Crippen LogP contribution in [0.2, 0.25) is 0 Å². The van der Waals surface area contributed by atoms with E-state index in [9.17, 15) is 0 Å². The van der Waals surface area contributed by atoms with Gasteiger partial charge in [-0.1, -0.05) is 0 Å². The minimum Gasteiger partial charge on any atom is -0.496 e. The molecule has 1 aliphatic rings. The van der Waals surface area contributed by atoms with Crippen molar-refractivity contribution in [2.75, 3.05) is 60.8 Å². The largest absolute Gasteiger partial charge is 0.496 e. The van der Waals surface area contributed by atoms with Gasteiger partial charge in [-0.15, -0.1) is 0 Å². The Labute approximate surface area is 180 Å². The zero-order chi connectivity index (χ0) is 21.6. The van der Waals surface area contributed by atoms with Crippen molar-refractivity contribution in [2.24, 2.45) is 10.9 Å². The lowest BCUT2D eigenvalue weighted by atomic mass is 10.0. The first-order chi connectivity index (χ1) is 14.7. The van der Waals surface area contributed by atoms with Gasteiger partial charge in [0.15, 0.2) is 17.5 Å². The van der Waals surface area contributed by atoms with Crippen molar-refractivity contribution in [3.8, 4) is 17.2 Å². The number of ether oxygens (including phenoxy) is 5. The summed E-state index contributed by atoms with van der Waals surface area (Å²) in [5.74, 6) is 3.41. The monoisotopic (exact) mass is 423 g/mol. The van der Waals surface area contributed by atoms with E-state index in [1.165, 1.54) is 0 Å². The van der Waals surface area contributed by atoms with Crippen LogP contribution in [0.5, 0.6) is 17.2 Å². The van der Waals surface area contributed by atoms with Gasteiger partial charge < -0.3 is 34.3 Å². The summed E-state index contributed by atoms with van der Waals surface area (Å²) in [4.78, 5) is 4.68. The minimum atomic E-state index is 0.457. The highest BCUT2D eigenvalue weighted by Crippen LogP contribution is 2.34. The Balaban J connectivity index is 1.82. The molecule has 1 saturated heterocycles. The Morgan fingerprint density at radius 2 is 1.73 bits per heavy atom. The van der Waals surface area contributed by atoms with E-state index >= 15 is 0 Å². The summed E-state index contributed by atoms with van der Waals surface area (Å²) in [7, 11) is 4.86. The molecular formula is C22H37N3O5. The van der Waals surface area contributed by atoms with Crippen LogP contribution >= 0.6 is 0 Å². The zero-order valence-corrected chi connectivity index (χ0v) is 18.8. The van der Waals surface area contributed by atoms with Gasteiger partial charge in [0, 0.05) is 51.1 Å². The van der Waals surface area contributed by atoms with Gasteiger partial charge >= 0.3 is 0 Å². The molecule has 0 unspecified atom stereocenters. The maximum absolute atomic E-state index is 5.82. The third kappa shape index (κ3) is 7.91. The Morgan fingerprint density at radius 3 is 2.40 bits per heavy atom. The maximum atomic E-state index is 5.82. The van der Waals surface area contributed by atoms with Gasteiger partial charge in [-0.25, -0.2) is 4.99 Å². The van der Waals surface area contributed by atoms with E-state index in [4.69, 9.17) is 23.7 Å². The second kappa shape index (κ2) is 13.9. The number of guanidine groups is 1. The van der Waals surface area contributed by atoms with Gasteiger partial charge in [0.05, 0.1) is 27.9 Å². The SMILES string of the molecule is CCNC(=NCc1cc(OC)c(OC)cc1OC)NCCCOCC1CCOCC1. The molecule has 0 atom stereocenters. The Kier molecular flexibility index (Phi) is 11.2. The molecule has 2 N–H and O–H groups in total. The molecular weight excluding hydrogens is 386 g/mol. The molecule has 0 spiro atoms. The molecule has 2 rings (SSSR count). The van der Waals surface area contributed by atoms with Gasteiger partial charge in [0.1, 0.15) is 5.75 Å². The number of methoxy groups -OCH3 is 3. The van der Waals surface area contributed by atoms with Crippen molar-refractivity contribution >= 4 is 5.96 Å². The van der Waals surface area contributed by atoms with E-state index in [1.807, 2.05) is 19.1 Å². The molecule has 0 saturated carbocycles. The molecule has 170 valence electrons. The standard InChI is InChI=1S/C22H37N3O5/c1-5-23-22(24-9-6-10-30-16-17-7-11-29-12-8-17)25-15-18-13-20(27-3)21(28-4)14-19(18)26-2/h13-14,17H,5-12,15-16H2,1-4H3,(H2,23,24,25). The van der Waals surface area contributed by atoms with E-state index < -0.39 is 0 Å². The smallest absolute Gasteiger partial charge is 0.191 e. The molecule has 1 fully saturated rings. The number of benzene rings is 1. The van der Waals surface area contributed by atoms with E-state index in [1.54, 1.807) is 21.3 Å². The quantitative estimate of drug-likeness (QED) is 0.304. The number of aliphatic imine (C=N–C) groups is 1. The number of nitrogens with zero attached hydrogens (tertiary/aromatic N) is 1. The lowest BCUT2D eigenvalue weighted by molar-refractivity contribution is 0.0203. The van der Waals surface area contributed by atoms with Crippen LogP contribution in [0.15, 0.2) is 17.1 Å². The van der Waals surface area contributed by atoms with E-state index in [2.05, 4.69) is 15.6 Å². The van der Waals surface area contributed by atoms with E-state index in [0.29, 0.717) is 29.7 Å². The fourth-order valence-corrected chi connectivity index (χ4v) is 3.27. The van der Waals surface area contributed by atoms with Crippen LogP contribution in [-0.4, -0.2) is 66.8 Å². The van der Waals surface area contributed by atoms with Crippen LogP contribution in [0.4, 0.5) is 0 Å². The highest BCUT2D eigenvalue weighted by atomic mass is 16.5. The Morgan fingerprint density at radius 1 is 1.03 bits per heavy atom. The molecule has 1 heterocycles. The highest BCUT2D eigenvalue weighted by molar-refractivity contribution is 5.79. The van der Waals surface area contributed by atoms with Gasteiger partial charge in [0.2, 0.25) is 0 Å². The third-order valence-electron chi connectivity index (χ3n) is 4.99. The second-order valence-corrected chi connectivity index (χ2v) is 7.13. The molecule has 0 aliphatic carbocycles. The number of hydrogen-bond donors (Lipinski definition) is 2. The molecule has 1 aromatic carbocycles.